The zero-order valence-electron chi connectivity index (χ0n) is 17.2. The first-order valence-corrected chi connectivity index (χ1v) is 11.9. The Hall–Kier alpha value is -3.12. The molecule has 170 valence electrons. The van der Waals surface area contributed by atoms with Gasteiger partial charge >= 0.3 is 6.11 Å². The van der Waals surface area contributed by atoms with Crippen molar-refractivity contribution in [1.29, 1.82) is 0 Å². The molecule has 0 fully saturated rings. The van der Waals surface area contributed by atoms with E-state index in [0.29, 0.717) is 17.6 Å². The predicted molar refractivity (Wildman–Crippen MR) is 114 cm³/mol. The van der Waals surface area contributed by atoms with Gasteiger partial charge < -0.3 is 9.47 Å². The van der Waals surface area contributed by atoms with E-state index in [4.69, 9.17) is 4.74 Å². The number of pyridine rings is 1. The Morgan fingerprint density at radius 2 is 1.75 bits per heavy atom. The first-order chi connectivity index (χ1) is 14.9. The van der Waals surface area contributed by atoms with E-state index in [0.717, 1.165) is 12.5 Å². The minimum atomic E-state index is -3.44. The Morgan fingerprint density at radius 1 is 1.06 bits per heavy atom. The Labute approximate surface area is 187 Å². The molecule has 3 aromatic rings. The lowest BCUT2D eigenvalue weighted by molar-refractivity contribution is -0.159. The van der Waals surface area contributed by atoms with Crippen LogP contribution in [-0.4, -0.2) is 36.7 Å². The summed E-state index contributed by atoms with van der Waals surface area (Å²) in [4.78, 5) is 21.2. The van der Waals surface area contributed by atoms with Crippen LogP contribution in [0.25, 0.3) is 0 Å². The highest BCUT2D eigenvalue weighted by Gasteiger charge is 2.39. The Bertz CT molecular complexity index is 1180. The zero-order chi connectivity index (χ0) is 23.6. The van der Waals surface area contributed by atoms with Gasteiger partial charge in [0.05, 0.1) is 11.1 Å². The Kier molecular flexibility index (Phi) is 6.46. The average molecular weight is 484 g/mol. The molecule has 3 rings (SSSR count). The van der Waals surface area contributed by atoms with Gasteiger partial charge in [0, 0.05) is 36.4 Å². The van der Waals surface area contributed by atoms with E-state index < -0.39 is 27.5 Å². The van der Waals surface area contributed by atoms with E-state index in [1.165, 1.54) is 60.9 Å². The summed E-state index contributed by atoms with van der Waals surface area (Å²) >= 11 is 1.20. The summed E-state index contributed by atoms with van der Waals surface area (Å²) in [5.74, 6) is -0.821. The van der Waals surface area contributed by atoms with Gasteiger partial charge in [-0.05, 0) is 25.1 Å². The fourth-order valence-corrected chi connectivity index (χ4v) is 3.82. The van der Waals surface area contributed by atoms with Crippen molar-refractivity contribution in [3.8, 4) is 11.6 Å². The lowest BCUT2D eigenvalue weighted by Crippen LogP contribution is -2.43. The predicted octanol–water partition coefficient (Wildman–Crippen LogP) is 3.87. The molecule has 8 nitrogen and oxygen atoms in total. The Balaban J connectivity index is 1.94. The molecule has 1 atom stereocenters. The molecule has 0 radical (unpaired) electrons. The maximum atomic E-state index is 13.1. The highest BCUT2D eigenvalue weighted by Crippen LogP contribution is 2.31. The third kappa shape index (κ3) is 5.77. The number of hydrogen-bond acceptors (Lipinski definition) is 8. The number of nitrogens with one attached hydrogen (secondary N) is 1. The second-order valence-corrected chi connectivity index (χ2v) is 9.88. The number of hydrogen-bond donors (Lipinski definition) is 1. The fraction of sp³-hybridized carbons (Fsp3) is 0.250. The maximum absolute atomic E-state index is 13.1. The summed E-state index contributed by atoms with van der Waals surface area (Å²) in [7, 11) is -3.44. The van der Waals surface area contributed by atoms with Crippen molar-refractivity contribution < 1.29 is 31.5 Å². The molecule has 0 spiro atoms. The summed E-state index contributed by atoms with van der Waals surface area (Å²) in [5, 5.41) is 4.65. The molecule has 32 heavy (non-hydrogen) atoms. The van der Waals surface area contributed by atoms with Crippen LogP contribution in [0.4, 0.5) is 13.9 Å². The topological polar surface area (TPSA) is 107 Å². The number of amides is 1. The number of benzene rings is 1. The number of thiazole rings is 1. The molecule has 1 N–H and O–H groups in total. The monoisotopic (exact) mass is 483 g/mol. The number of halogens is 2. The fourth-order valence-electron chi connectivity index (χ4n) is 2.66. The number of carbonyl (C=O) groups excluding carboxylic acids is 1. The van der Waals surface area contributed by atoms with Crippen LogP contribution in [0, 0.1) is 0 Å². The largest absolute Gasteiger partial charge is 0.456 e. The van der Waals surface area contributed by atoms with Crippen molar-refractivity contribution in [1.82, 2.24) is 9.97 Å². The molecule has 2 aromatic heterocycles. The molecule has 1 unspecified atom stereocenters. The molecular weight excluding hydrogens is 464 g/mol. The van der Waals surface area contributed by atoms with Crippen molar-refractivity contribution in [3.05, 3.63) is 59.7 Å². The number of carbonyl (C=O) groups is 1. The van der Waals surface area contributed by atoms with Crippen LogP contribution < -0.4 is 14.8 Å². The minimum absolute atomic E-state index is 0.0410. The van der Waals surface area contributed by atoms with E-state index >= 15 is 0 Å². The first kappa shape index (κ1) is 23.5. The maximum Gasteiger partial charge on any atom is 0.394 e. The second-order valence-electron chi connectivity index (χ2n) is 6.97. The van der Waals surface area contributed by atoms with Crippen LogP contribution in [0.3, 0.4) is 0 Å². The van der Waals surface area contributed by atoms with Crippen molar-refractivity contribution in [2.45, 2.75) is 30.5 Å². The highest BCUT2D eigenvalue weighted by molar-refractivity contribution is 7.90. The van der Waals surface area contributed by atoms with E-state index in [1.807, 2.05) is 0 Å². The highest BCUT2D eigenvalue weighted by atomic mass is 32.2. The number of ether oxygens (including phenoxy) is 2. The van der Waals surface area contributed by atoms with E-state index in [2.05, 4.69) is 20.0 Å². The van der Waals surface area contributed by atoms with Crippen molar-refractivity contribution in [2.24, 2.45) is 0 Å². The number of nitrogens with zero attached hydrogens (tertiary/aromatic N) is 2. The normalized spacial score (nSPS) is 13.8. The first-order valence-electron chi connectivity index (χ1n) is 9.10. The number of anilines is 1. The van der Waals surface area contributed by atoms with Crippen molar-refractivity contribution >= 4 is 32.2 Å². The van der Waals surface area contributed by atoms with E-state index in [-0.39, 0.29) is 16.5 Å². The van der Waals surface area contributed by atoms with Crippen LogP contribution in [-0.2, 0) is 20.2 Å². The smallest absolute Gasteiger partial charge is 0.394 e. The average Bonchev–Trinajstić information content (AvgIpc) is 3.21. The van der Waals surface area contributed by atoms with Gasteiger partial charge in [-0.1, -0.05) is 12.1 Å². The molecule has 0 aliphatic carbocycles. The van der Waals surface area contributed by atoms with Gasteiger partial charge in [-0.15, -0.1) is 11.3 Å². The lowest BCUT2D eigenvalue weighted by Gasteiger charge is -2.29. The molecular formula is C20H19F2N3O5S2. The molecule has 12 heteroatoms. The van der Waals surface area contributed by atoms with Crippen LogP contribution in [0.15, 0.2) is 59.1 Å². The third-order valence-electron chi connectivity index (χ3n) is 4.23. The third-order valence-corrected chi connectivity index (χ3v) is 6.05. The molecule has 1 amide bonds. The van der Waals surface area contributed by atoms with Crippen molar-refractivity contribution in [3.63, 3.8) is 0 Å². The van der Waals surface area contributed by atoms with Gasteiger partial charge in [0.2, 0.25) is 11.5 Å². The van der Waals surface area contributed by atoms with Crippen molar-refractivity contribution in [2.75, 3.05) is 11.6 Å². The van der Waals surface area contributed by atoms with Gasteiger partial charge in [0.1, 0.15) is 5.75 Å². The van der Waals surface area contributed by atoms with Crippen LogP contribution in [0.5, 0.6) is 11.6 Å². The summed E-state index contributed by atoms with van der Waals surface area (Å²) in [5.41, 5.74) is -1.33. The van der Waals surface area contributed by atoms with E-state index in [1.54, 1.807) is 5.38 Å². The minimum Gasteiger partial charge on any atom is -0.456 e. The molecule has 1 aromatic carbocycles. The van der Waals surface area contributed by atoms with Crippen LogP contribution >= 0.6 is 11.3 Å². The van der Waals surface area contributed by atoms with Crippen LogP contribution in [0.2, 0.25) is 0 Å². The second kappa shape index (κ2) is 8.79. The SMILES string of the molecule is CC(F)(F)Oc1ccc(OC(C)(C(=O)Nc2nccs2)c2ccc(S(C)(=O)=O)cc2)nc1. The lowest BCUT2D eigenvalue weighted by atomic mass is 9.94. The number of rotatable bonds is 8. The standard InChI is InChI=1S/C20H19F2N3O5S2/c1-19(17(26)25-18-23-10-11-31-18,13-4-7-15(8-5-13)32(3,27)28)30-16-9-6-14(12-24-16)29-20(2,21)22/h4-12H,1-3H3,(H,23,25,26). The molecule has 0 bridgehead atoms. The van der Waals surface area contributed by atoms with Gasteiger partial charge in [0.25, 0.3) is 5.91 Å². The Morgan fingerprint density at radius 3 is 2.25 bits per heavy atom. The van der Waals surface area contributed by atoms with Gasteiger partial charge in [-0.3, -0.25) is 10.1 Å². The zero-order valence-corrected chi connectivity index (χ0v) is 18.8. The molecule has 2 heterocycles. The summed E-state index contributed by atoms with van der Waals surface area (Å²) in [6.45, 7) is 2.06. The van der Waals surface area contributed by atoms with Gasteiger partial charge in [-0.25, -0.2) is 18.4 Å². The molecule has 0 aliphatic heterocycles. The quantitative estimate of drug-likeness (QED) is 0.518. The van der Waals surface area contributed by atoms with E-state index in [9.17, 15) is 22.0 Å². The molecule has 0 saturated carbocycles. The summed E-state index contributed by atoms with van der Waals surface area (Å²) in [6, 6.07) is 8.12. The number of alkyl halides is 2. The molecule has 0 saturated heterocycles. The summed E-state index contributed by atoms with van der Waals surface area (Å²) in [6.07, 6.45) is 0.246. The number of sulfone groups is 1. The van der Waals surface area contributed by atoms with Gasteiger partial charge in [0.15, 0.2) is 15.0 Å². The molecule has 0 aliphatic rings. The summed E-state index contributed by atoms with van der Waals surface area (Å²) < 4.78 is 59.9. The number of aromatic nitrogens is 2. The van der Waals surface area contributed by atoms with Crippen LogP contribution in [0.1, 0.15) is 19.4 Å². The van der Waals surface area contributed by atoms with Gasteiger partial charge in [-0.2, -0.15) is 8.78 Å².